The van der Waals surface area contributed by atoms with Gasteiger partial charge in [-0.1, -0.05) is 26.2 Å². The molecular formula is C19H32O13. The van der Waals surface area contributed by atoms with Crippen LogP contribution in [-0.4, -0.2) is 118 Å². The second-order valence-electron chi connectivity index (χ2n) is 7.60. The third-order valence-corrected chi connectivity index (χ3v) is 5.22. The second kappa shape index (κ2) is 12.7. The highest BCUT2D eigenvalue weighted by molar-refractivity contribution is 5.88. The minimum atomic E-state index is -1.92. The first-order valence-electron chi connectivity index (χ1n) is 10.5. The van der Waals surface area contributed by atoms with Crippen molar-refractivity contribution in [3.63, 3.8) is 0 Å². The maximum absolute atomic E-state index is 11.8. The van der Waals surface area contributed by atoms with Gasteiger partial charge in [0, 0.05) is 0 Å². The van der Waals surface area contributed by atoms with Crippen molar-refractivity contribution in [2.45, 2.75) is 87.9 Å². The molecule has 2 aliphatic rings. The summed E-state index contributed by atoms with van der Waals surface area (Å²) in [5.41, 5.74) is 0. The van der Waals surface area contributed by atoms with Crippen LogP contribution in [0.25, 0.3) is 0 Å². The Morgan fingerprint density at radius 2 is 1.66 bits per heavy atom. The minimum Gasteiger partial charge on any atom is -0.434 e. The van der Waals surface area contributed by atoms with Gasteiger partial charge in [0.15, 0.2) is 12.1 Å². The number of carbonyl (C=O) groups is 2. The van der Waals surface area contributed by atoms with E-state index in [4.69, 9.17) is 23.7 Å². The summed E-state index contributed by atoms with van der Waals surface area (Å²) in [5, 5.41) is 59.4. The lowest BCUT2D eigenvalue weighted by Crippen LogP contribution is -2.64. The van der Waals surface area contributed by atoms with Gasteiger partial charge in [0.1, 0.15) is 42.7 Å². The Balaban J connectivity index is 1.96. The molecule has 0 aromatic rings. The molecule has 2 fully saturated rings. The number of rotatable bonds is 10. The fourth-order valence-electron chi connectivity index (χ4n) is 3.35. The molecule has 3 unspecified atom stereocenters. The molecule has 0 aromatic carbocycles. The van der Waals surface area contributed by atoms with Gasteiger partial charge in [-0.15, -0.1) is 0 Å². The van der Waals surface area contributed by atoms with Gasteiger partial charge < -0.3 is 54.3 Å². The normalized spacial score (nSPS) is 37.8. The van der Waals surface area contributed by atoms with Crippen LogP contribution in [0.5, 0.6) is 0 Å². The zero-order valence-corrected chi connectivity index (χ0v) is 17.7. The van der Waals surface area contributed by atoms with Crippen molar-refractivity contribution >= 4 is 11.9 Å². The van der Waals surface area contributed by atoms with Crippen LogP contribution in [0.3, 0.4) is 0 Å². The highest BCUT2D eigenvalue weighted by Gasteiger charge is 2.51. The van der Waals surface area contributed by atoms with Crippen molar-refractivity contribution in [2.75, 3.05) is 19.8 Å². The van der Waals surface area contributed by atoms with E-state index in [1.165, 1.54) is 0 Å². The molecule has 32 heavy (non-hydrogen) atoms. The topological polar surface area (TPSA) is 202 Å². The minimum absolute atomic E-state index is 0.101. The molecule has 0 bridgehead atoms. The van der Waals surface area contributed by atoms with Crippen molar-refractivity contribution in [1.82, 2.24) is 0 Å². The molecule has 13 heteroatoms. The average Bonchev–Trinajstić information content (AvgIpc) is 2.78. The third-order valence-electron chi connectivity index (χ3n) is 5.22. The molecule has 2 rings (SSSR count). The Morgan fingerprint density at radius 1 is 0.938 bits per heavy atom. The largest absolute Gasteiger partial charge is 0.510 e. The van der Waals surface area contributed by atoms with Crippen LogP contribution in [0.1, 0.15) is 32.6 Å². The summed E-state index contributed by atoms with van der Waals surface area (Å²) in [6.07, 6.45) is -12.8. The van der Waals surface area contributed by atoms with E-state index in [0.29, 0.717) is 6.42 Å². The number of unbranched alkanes of at least 4 members (excludes halogenated alkanes) is 3. The predicted octanol–water partition coefficient (Wildman–Crippen LogP) is -2.45. The number of ether oxygens (including phenoxy) is 5. The highest BCUT2D eigenvalue weighted by atomic mass is 16.8. The van der Waals surface area contributed by atoms with Gasteiger partial charge in [-0.3, -0.25) is 4.79 Å². The van der Waals surface area contributed by atoms with E-state index < -0.39 is 80.5 Å². The van der Waals surface area contributed by atoms with Crippen LogP contribution in [0, 0.1) is 0 Å². The smallest absolute Gasteiger partial charge is 0.434 e. The van der Waals surface area contributed by atoms with Crippen molar-refractivity contribution in [1.29, 1.82) is 0 Å². The quantitative estimate of drug-likeness (QED) is 0.146. The summed E-state index contributed by atoms with van der Waals surface area (Å²) in [5.74, 6) is -0.958. The monoisotopic (exact) mass is 468 g/mol. The molecular weight excluding hydrogens is 436 g/mol. The van der Waals surface area contributed by atoms with Crippen LogP contribution >= 0.6 is 0 Å². The molecule has 0 saturated carbocycles. The van der Waals surface area contributed by atoms with Gasteiger partial charge >= 0.3 is 6.16 Å². The van der Waals surface area contributed by atoms with Crippen LogP contribution in [-0.2, 0) is 28.5 Å². The first kappa shape index (κ1) is 26.8. The summed E-state index contributed by atoms with van der Waals surface area (Å²) in [4.78, 5) is 23.6. The van der Waals surface area contributed by atoms with Crippen LogP contribution in [0.2, 0.25) is 0 Å². The SMILES string of the molecule is CCCCCCOC(=O)OC1O[C@H](CO)[C@@H](OC2OC(CO)C(=O)[C@H](O)[C@H]2O)[C@H](O)[C@H]1O. The fourth-order valence-corrected chi connectivity index (χ4v) is 3.35. The molecule has 186 valence electrons. The third kappa shape index (κ3) is 6.56. The van der Waals surface area contributed by atoms with E-state index in [1.807, 2.05) is 6.92 Å². The summed E-state index contributed by atoms with van der Waals surface area (Å²) < 4.78 is 25.5. The van der Waals surface area contributed by atoms with Gasteiger partial charge in [-0.2, -0.15) is 0 Å². The first-order chi connectivity index (χ1) is 15.2. The second-order valence-corrected chi connectivity index (χ2v) is 7.60. The van der Waals surface area contributed by atoms with Crippen molar-refractivity contribution in [2.24, 2.45) is 0 Å². The maximum atomic E-state index is 11.8. The number of carbonyl (C=O) groups excluding carboxylic acids is 2. The number of hydrogen-bond donors (Lipinski definition) is 6. The highest BCUT2D eigenvalue weighted by Crippen LogP contribution is 2.28. The zero-order valence-electron chi connectivity index (χ0n) is 17.7. The molecule has 0 amide bonds. The molecule has 0 aliphatic carbocycles. The lowest BCUT2D eigenvalue weighted by molar-refractivity contribution is -0.338. The standard InChI is InChI=1S/C19H32O13/c1-2-3-4-5-6-28-19(27)32-18-15(26)13(24)16(10(8-21)30-18)31-17-14(25)12(23)11(22)9(7-20)29-17/h9-10,12-18,20-21,23-26H,2-8H2,1H3/t9?,10-,12+,13-,14-,15-,16-,17?,18?/m1/s1. The fraction of sp³-hybridized carbons (Fsp3) is 0.895. The lowest BCUT2D eigenvalue weighted by atomic mass is 9.97. The van der Waals surface area contributed by atoms with Crippen LogP contribution in [0.15, 0.2) is 0 Å². The van der Waals surface area contributed by atoms with Crippen molar-refractivity contribution < 1.29 is 63.9 Å². The number of hydrogen-bond acceptors (Lipinski definition) is 13. The van der Waals surface area contributed by atoms with E-state index >= 15 is 0 Å². The molecule has 6 N–H and O–H groups in total. The van der Waals surface area contributed by atoms with Crippen molar-refractivity contribution in [3.8, 4) is 0 Å². The Labute approximate surface area is 184 Å². The summed E-state index contributed by atoms with van der Waals surface area (Å²) >= 11 is 0. The molecule has 9 atom stereocenters. The Bertz CT molecular complexity index is 596. The molecule has 0 spiro atoms. The summed E-state index contributed by atoms with van der Waals surface area (Å²) in [6.45, 7) is 0.580. The summed E-state index contributed by atoms with van der Waals surface area (Å²) in [7, 11) is 0. The Morgan fingerprint density at radius 3 is 2.28 bits per heavy atom. The van der Waals surface area contributed by atoms with Gasteiger partial charge in [0.05, 0.1) is 19.8 Å². The number of Topliss-reactive ketones (excluding diaryl/α,β-unsaturated/α-hetero) is 1. The van der Waals surface area contributed by atoms with E-state index in [0.717, 1.165) is 19.3 Å². The molecule has 0 aromatic heterocycles. The Kier molecular flexibility index (Phi) is 10.7. The van der Waals surface area contributed by atoms with Crippen molar-refractivity contribution in [3.05, 3.63) is 0 Å². The zero-order chi connectivity index (χ0) is 23.8. The van der Waals surface area contributed by atoms with E-state index in [-0.39, 0.29) is 6.61 Å². The van der Waals surface area contributed by atoms with Gasteiger partial charge in [-0.25, -0.2) is 4.79 Å². The Hall–Kier alpha value is -1.42. The maximum Gasteiger partial charge on any atom is 0.510 e. The van der Waals surface area contributed by atoms with Gasteiger partial charge in [0.2, 0.25) is 6.29 Å². The van der Waals surface area contributed by atoms with Gasteiger partial charge in [-0.05, 0) is 6.42 Å². The summed E-state index contributed by atoms with van der Waals surface area (Å²) in [6, 6.07) is 0. The average molecular weight is 468 g/mol. The van der Waals surface area contributed by atoms with E-state index in [2.05, 4.69) is 0 Å². The molecule has 0 radical (unpaired) electrons. The number of aliphatic hydroxyl groups is 6. The number of ketones is 1. The van der Waals surface area contributed by atoms with E-state index in [9.17, 15) is 40.2 Å². The first-order valence-corrected chi connectivity index (χ1v) is 10.5. The molecule has 2 saturated heterocycles. The molecule has 13 nitrogen and oxygen atoms in total. The van der Waals surface area contributed by atoms with Crippen LogP contribution < -0.4 is 0 Å². The lowest BCUT2D eigenvalue weighted by Gasteiger charge is -2.44. The predicted molar refractivity (Wildman–Crippen MR) is 102 cm³/mol. The molecule has 2 aliphatic heterocycles. The molecule has 2 heterocycles. The van der Waals surface area contributed by atoms with Crippen LogP contribution in [0.4, 0.5) is 4.79 Å². The number of aliphatic hydroxyl groups excluding tert-OH is 6. The van der Waals surface area contributed by atoms with Gasteiger partial charge in [0.25, 0.3) is 0 Å². The van der Waals surface area contributed by atoms with E-state index in [1.54, 1.807) is 0 Å².